The van der Waals surface area contributed by atoms with E-state index in [9.17, 15) is 9.00 Å². The number of nitrogens with one attached hydrogen (secondary N) is 2. The summed E-state index contributed by atoms with van der Waals surface area (Å²) in [4.78, 5) is 23.5. The largest absolute Gasteiger partial charge is 0.480 e. The van der Waals surface area contributed by atoms with Crippen LogP contribution >= 0.6 is 0 Å². The number of pyridine rings is 1. The first-order chi connectivity index (χ1) is 12.5. The summed E-state index contributed by atoms with van der Waals surface area (Å²) in [5.74, 6) is 0.182. The lowest BCUT2D eigenvalue weighted by molar-refractivity contribution is -0.114. The fourth-order valence-corrected chi connectivity index (χ4v) is 2.99. The summed E-state index contributed by atoms with van der Waals surface area (Å²) in [5.41, 5.74) is 6.42. The predicted octanol–water partition coefficient (Wildman–Crippen LogP) is 2.37. The lowest BCUT2D eigenvalue weighted by Gasteiger charge is -2.17. The van der Waals surface area contributed by atoms with Gasteiger partial charge in [-0.05, 0) is 5.92 Å². The standard InChI is InChI=1S/C16H22N6O4S/c1-8(2)13-10(6-12(27(5,18)24)15(21-13)25-4)26-11-7-19-16(20-9(3)23)22-14(11)17/h6-8,18H,1-5H3,(H3,17,19,20,22,23). The smallest absolute Gasteiger partial charge is 0.231 e. The average molecular weight is 394 g/mol. The number of nitrogens with two attached hydrogens (primary N) is 1. The number of aromatic nitrogens is 3. The molecule has 4 N–H and O–H groups in total. The molecule has 0 spiro atoms. The summed E-state index contributed by atoms with van der Waals surface area (Å²) < 4.78 is 31.1. The molecule has 0 bridgehead atoms. The number of carbonyl (C=O) groups excluding carboxylic acids is 1. The van der Waals surface area contributed by atoms with E-state index in [1.165, 1.54) is 32.6 Å². The lowest BCUT2D eigenvalue weighted by atomic mass is 10.1. The summed E-state index contributed by atoms with van der Waals surface area (Å²) in [5, 5.41) is 2.42. The van der Waals surface area contributed by atoms with Crippen LogP contribution < -0.4 is 20.5 Å². The molecule has 0 aliphatic carbocycles. The molecule has 11 heteroatoms. The van der Waals surface area contributed by atoms with Gasteiger partial charge in [0.25, 0.3) is 0 Å². The van der Waals surface area contributed by atoms with Crippen LogP contribution in [0.25, 0.3) is 0 Å². The van der Waals surface area contributed by atoms with Crippen molar-refractivity contribution >= 4 is 27.4 Å². The van der Waals surface area contributed by atoms with Gasteiger partial charge in [0.15, 0.2) is 17.3 Å². The van der Waals surface area contributed by atoms with E-state index in [0.717, 1.165) is 0 Å². The molecule has 146 valence electrons. The Labute approximate surface area is 157 Å². The molecule has 2 aromatic rings. The van der Waals surface area contributed by atoms with Crippen molar-refractivity contribution < 1.29 is 18.5 Å². The van der Waals surface area contributed by atoms with E-state index in [1.54, 1.807) is 0 Å². The van der Waals surface area contributed by atoms with Crippen LogP contribution in [-0.4, -0.2) is 38.4 Å². The van der Waals surface area contributed by atoms with E-state index in [4.69, 9.17) is 20.0 Å². The Kier molecular flexibility index (Phi) is 5.84. The van der Waals surface area contributed by atoms with Crippen molar-refractivity contribution in [1.29, 1.82) is 4.78 Å². The van der Waals surface area contributed by atoms with Crippen LogP contribution in [0, 0.1) is 4.78 Å². The fraction of sp³-hybridized carbons (Fsp3) is 0.375. The second-order valence-corrected chi connectivity index (χ2v) is 8.23. The monoisotopic (exact) mass is 394 g/mol. The Hall–Kier alpha value is -2.95. The maximum absolute atomic E-state index is 12.3. The van der Waals surface area contributed by atoms with Crippen LogP contribution in [0.15, 0.2) is 17.2 Å². The Balaban J connectivity index is 2.53. The molecule has 0 fully saturated rings. The third-order valence-electron chi connectivity index (χ3n) is 3.40. The summed E-state index contributed by atoms with van der Waals surface area (Å²) in [6.07, 6.45) is 2.58. The van der Waals surface area contributed by atoms with Crippen molar-refractivity contribution in [1.82, 2.24) is 15.0 Å². The Bertz CT molecular complexity index is 975. The highest BCUT2D eigenvalue weighted by Gasteiger charge is 2.21. The molecule has 10 nitrogen and oxygen atoms in total. The molecule has 2 aromatic heterocycles. The Morgan fingerprint density at radius 1 is 1.33 bits per heavy atom. The first-order valence-electron chi connectivity index (χ1n) is 7.93. The van der Waals surface area contributed by atoms with E-state index >= 15 is 0 Å². The van der Waals surface area contributed by atoms with Crippen LogP contribution in [0.5, 0.6) is 17.4 Å². The topological polar surface area (TPSA) is 153 Å². The molecule has 1 unspecified atom stereocenters. The van der Waals surface area contributed by atoms with Crippen LogP contribution in [0.3, 0.4) is 0 Å². The fourth-order valence-electron chi connectivity index (χ4n) is 2.19. The Morgan fingerprint density at radius 3 is 2.48 bits per heavy atom. The molecule has 0 aliphatic heterocycles. The quantitative estimate of drug-likeness (QED) is 0.675. The zero-order valence-corrected chi connectivity index (χ0v) is 16.5. The molecule has 2 heterocycles. The minimum atomic E-state index is -3.11. The van der Waals surface area contributed by atoms with Gasteiger partial charge in [0.2, 0.25) is 17.7 Å². The number of nitrogen functional groups attached to an aromatic ring is 1. The first-order valence-corrected chi connectivity index (χ1v) is 9.90. The van der Waals surface area contributed by atoms with Crippen molar-refractivity contribution in [3.05, 3.63) is 18.0 Å². The van der Waals surface area contributed by atoms with Crippen molar-refractivity contribution in [2.75, 3.05) is 24.4 Å². The van der Waals surface area contributed by atoms with Crippen molar-refractivity contribution in [2.45, 2.75) is 31.6 Å². The summed E-state index contributed by atoms with van der Waals surface area (Å²) in [6, 6.07) is 1.46. The number of rotatable bonds is 6. The summed E-state index contributed by atoms with van der Waals surface area (Å²) in [6.45, 7) is 5.13. The highest BCUT2D eigenvalue weighted by molar-refractivity contribution is 7.91. The molecular formula is C16H22N6O4S. The summed E-state index contributed by atoms with van der Waals surface area (Å²) in [7, 11) is -1.71. The number of carbonyl (C=O) groups is 1. The molecule has 2 rings (SSSR count). The first kappa shape index (κ1) is 20.4. The van der Waals surface area contributed by atoms with Gasteiger partial charge in [0.1, 0.15) is 4.90 Å². The molecule has 0 saturated carbocycles. The lowest BCUT2D eigenvalue weighted by Crippen LogP contribution is -2.11. The Morgan fingerprint density at radius 2 is 2.00 bits per heavy atom. The van der Waals surface area contributed by atoms with Gasteiger partial charge in [-0.3, -0.25) is 10.1 Å². The van der Waals surface area contributed by atoms with E-state index in [1.807, 2.05) is 13.8 Å². The van der Waals surface area contributed by atoms with Crippen molar-refractivity contribution in [3.63, 3.8) is 0 Å². The predicted molar refractivity (Wildman–Crippen MR) is 101 cm³/mol. The molecule has 27 heavy (non-hydrogen) atoms. The second-order valence-electron chi connectivity index (χ2n) is 6.10. The number of hydrogen-bond donors (Lipinski definition) is 3. The van der Waals surface area contributed by atoms with E-state index in [-0.39, 0.29) is 45.9 Å². The van der Waals surface area contributed by atoms with Crippen LogP contribution in [-0.2, 0) is 14.5 Å². The molecule has 1 atom stereocenters. The van der Waals surface area contributed by atoms with Gasteiger partial charge in [-0.25, -0.2) is 19.0 Å². The molecule has 1 amide bonds. The maximum atomic E-state index is 12.3. The molecular weight excluding hydrogens is 372 g/mol. The average Bonchev–Trinajstić information content (AvgIpc) is 2.55. The second kappa shape index (κ2) is 7.74. The number of amides is 1. The highest BCUT2D eigenvalue weighted by atomic mass is 32.2. The number of hydrogen-bond acceptors (Lipinski definition) is 9. The third kappa shape index (κ3) is 4.82. The van der Waals surface area contributed by atoms with Gasteiger partial charge in [-0.2, -0.15) is 4.98 Å². The summed E-state index contributed by atoms with van der Waals surface area (Å²) >= 11 is 0. The number of nitrogens with zero attached hydrogens (tertiary/aromatic N) is 3. The minimum Gasteiger partial charge on any atom is -0.480 e. The SMILES string of the molecule is COc1nc(C(C)C)c(Oc2cnc(NC(C)=O)nc2N)cc1S(C)(=N)=O. The van der Waals surface area contributed by atoms with Crippen LogP contribution in [0.4, 0.5) is 11.8 Å². The van der Waals surface area contributed by atoms with Gasteiger partial charge in [0, 0.05) is 19.2 Å². The van der Waals surface area contributed by atoms with Crippen molar-refractivity contribution in [3.8, 4) is 17.4 Å². The molecule has 0 saturated heterocycles. The maximum Gasteiger partial charge on any atom is 0.231 e. The minimum absolute atomic E-state index is 0.00364. The van der Waals surface area contributed by atoms with Crippen LogP contribution in [0.2, 0.25) is 0 Å². The van der Waals surface area contributed by atoms with Gasteiger partial charge in [-0.15, -0.1) is 0 Å². The van der Waals surface area contributed by atoms with E-state index in [0.29, 0.717) is 5.69 Å². The number of ether oxygens (including phenoxy) is 2. The third-order valence-corrected chi connectivity index (χ3v) is 4.53. The van der Waals surface area contributed by atoms with E-state index < -0.39 is 9.73 Å². The molecule has 0 aliphatic rings. The number of anilines is 2. The van der Waals surface area contributed by atoms with Gasteiger partial charge in [-0.1, -0.05) is 13.8 Å². The van der Waals surface area contributed by atoms with Gasteiger partial charge in [0.05, 0.1) is 28.7 Å². The zero-order valence-electron chi connectivity index (χ0n) is 15.7. The van der Waals surface area contributed by atoms with Gasteiger partial charge < -0.3 is 15.2 Å². The van der Waals surface area contributed by atoms with Gasteiger partial charge >= 0.3 is 0 Å². The zero-order chi connectivity index (χ0) is 20.4. The van der Waals surface area contributed by atoms with Crippen LogP contribution in [0.1, 0.15) is 32.4 Å². The van der Waals surface area contributed by atoms with E-state index in [2.05, 4.69) is 20.3 Å². The molecule has 0 aromatic carbocycles. The van der Waals surface area contributed by atoms with Crippen molar-refractivity contribution in [2.24, 2.45) is 0 Å². The highest BCUT2D eigenvalue weighted by Crippen LogP contribution is 2.36. The molecule has 0 radical (unpaired) electrons. The normalized spacial score (nSPS) is 13.1. The number of methoxy groups -OCH3 is 1.